The third kappa shape index (κ3) is 5.18. The molecule has 1 aromatic carbocycles. The van der Waals surface area contributed by atoms with E-state index in [0.717, 1.165) is 4.90 Å². The van der Waals surface area contributed by atoms with Crippen LogP contribution < -0.4 is 5.32 Å². The van der Waals surface area contributed by atoms with Crippen molar-refractivity contribution in [2.24, 2.45) is 0 Å². The van der Waals surface area contributed by atoms with Crippen molar-refractivity contribution >= 4 is 35.0 Å². The zero-order chi connectivity index (χ0) is 12.8. The Morgan fingerprint density at radius 1 is 1.35 bits per heavy atom. The summed E-state index contributed by atoms with van der Waals surface area (Å²) in [7, 11) is 0. The molecular weight excluding hydrogens is 275 g/mol. The molecule has 92 valence electrons. The Bertz CT molecular complexity index is 415. The largest absolute Gasteiger partial charge is 0.299 e. The van der Waals surface area contributed by atoms with Gasteiger partial charge >= 0.3 is 0 Å². The monoisotopic (exact) mass is 288 g/mol. The fourth-order valence-corrected chi connectivity index (χ4v) is 2.53. The zero-order valence-electron chi connectivity index (χ0n) is 9.71. The molecule has 1 unspecified atom stereocenters. The summed E-state index contributed by atoms with van der Waals surface area (Å²) in [5.74, 6) is 0.687. The summed E-state index contributed by atoms with van der Waals surface area (Å²) in [6.07, 6.45) is 0. The number of hydrogen-bond acceptors (Lipinski definition) is 3. The van der Waals surface area contributed by atoms with Gasteiger partial charge in [-0.15, -0.1) is 11.8 Å². The second-order valence-corrected chi connectivity index (χ2v) is 5.80. The van der Waals surface area contributed by atoms with E-state index < -0.39 is 0 Å². The zero-order valence-corrected chi connectivity index (χ0v) is 12.0. The van der Waals surface area contributed by atoms with Crippen LogP contribution in [0.25, 0.3) is 0 Å². The minimum atomic E-state index is -0.158. The highest BCUT2D eigenvalue weighted by molar-refractivity contribution is 7.99. The maximum absolute atomic E-state index is 8.98. The molecule has 17 heavy (non-hydrogen) atoms. The number of nitrogens with zero attached hydrogens (tertiary/aromatic N) is 1. The van der Waals surface area contributed by atoms with Crippen molar-refractivity contribution in [3.63, 3.8) is 0 Å². The van der Waals surface area contributed by atoms with Crippen molar-refractivity contribution < 1.29 is 0 Å². The molecule has 2 nitrogen and oxygen atoms in total. The lowest BCUT2D eigenvalue weighted by Gasteiger charge is -2.14. The number of nitrogens with one attached hydrogen (secondary N) is 1. The molecule has 0 aliphatic heterocycles. The molecule has 0 aliphatic rings. The van der Waals surface area contributed by atoms with Crippen LogP contribution in [0.5, 0.6) is 0 Å². The van der Waals surface area contributed by atoms with E-state index in [9.17, 15) is 0 Å². The fraction of sp³-hybridized carbons (Fsp3) is 0.417. The maximum atomic E-state index is 8.98. The summed E-state index contributed by atoms with van der Waals surface area (Å²) in [5, 5.41) is 13.3. The first-order chi connectivity index (χ1) is 8.02. The van der Waals surface area contributed by atoms with Gasteiger partial charge in [0.15, 0.2) is 0 Å². The summed E-state index contributed by atoms with van der Waals surface area (Å²) in [6.45, 7) is 4.04. The molecule has 0 fully saturated rings. The molecule has 0 heterocycles. The van der Waals surface area contributed by atoms with Gasteiger partial charge in [0.2, 0.25) is 0 Å². The third-order valence-corrected chi connectivity index (χ3v) is 3.82. The van der Waals surface area contributed by atoms with Gasteiger partial charge in [-0.1, -0.05) is 23.2 Å². The van der Waals surface area contributed by atoms with Crippen LogP contribution in [0.3, 0.4) is 0 Å². The minimum absolute atomic E-state index is 0.158. The highest BCUT2D eigenvalue weighted by atomic mass is 35.5. The predicted molar refractivity (Wildman–Crippen MR) is 74.9 cm³/mol. The van der Waals surface area contributed by atoms with E-state index in [2.05, 4.69) is 11.4 Å². The first-order valence-electron chi connectivity index (χ1n) is 5.26. The number of benzene rings is 1. The van der Waals surface area contributed by atoms with Gasteiger partial charge in [-0.05, 0) is 32.0 Å². The Balaban J connectivity index is 2.54. The lowest BCUT2D eigenvalue weighted by molar-refractivity contribution is 0.560. The molecule has 0 bridgehead atoms. The van der Waals surface area contributed by atoms with Crippen LogP contribution in [-0.2, 0) is 0 Å². The third-order valence-electron chi connectivity index (χ3n) is 2.00. The summed E-state index contributed by atoms with van der Waals surface area (Å²) in [4.78, 5) is 1.02. The topological polar surface area (TPSA) is 35.8 Å². The van der Waals surface area contributed by atoms with E-state index in [0.29, 0.717) is 21.8 Å². The lowest BCUT2D eigenvalue weighted by atomic mass is 10.3. The van der Waals surface area contributed by atoms with Gasteiger partial charge in [-0.25, -0.2) is 0 Å². The van der Waals surface area contributed by atoms with Crippen molar-refractivity contribution in [2.75, 3.05) is 5.75 Å². The number of thioether (sulfide) groups is 1. The Morgan fingerprint density at radius 3 is 2.59 bits per heavy atom. The predicted octanol–water partition coefficient (Wildman–Crippen LogP) is 3.98. The molecule has 5 heteroatoms. The van der Waals surface area contributed by atoms with E-state index in [1.165, 1.54) is 0 Å². The number of halogens is 2. The van der Waals surface area contributed by atoms with Gasteiger partial charge < -0.3 is 0 Å². The van der Waals surface area contributed by atoms with Gasteiger partial charge in [-0.2, -0.15) is 5.26 Å². The molecular formula is C12H14Cl2N2S. The first-order valence-corrected chi connectivity index (χ1v) is 7.00. The minimum Gasteiger partial charge on any atom is -0.299 e. The molecule has 1 N–H and O–H groups in total. The van der Waals surface area contributed by atoms with Crippen LogP contribution in [-0.4, -0.2) is 17.8 Å². The molecule has 0 saturated heterocycles. The van der Waals surface area contributed by atoms with Crippen LogP contribution in [0.2, 0.25) is 10.0 Å². The fourth-order valence-electron chi connectivity index (χ4n) is 1.27. The van der Waals surface area contributed by atoms with Crippen molar-refractivity contribution in [1.29, 1.82) is 5.26 Å². The van der Waals surface area contributed by atoms with Crippen LogP contribution in [0.15, 0.2) is 23.1 Å². The summed E-state index contributed by atoms with van der Waals surface area (Å²) >= 11 is 13.3. The Kier molecular flexibility index (Phi) is 6.15. The van der Waals surface area contributed by atoms with Crippen LogP contribution in [0.1, 0.15) is 13.8 Å². The van der Waals surface area contributed by atoms with E-state index in [4.69, 9.17) is 28.5 Å². The molecule has 0 aromatic heterocycles. The van der Waals surface area contributed by atoms with Crippen LogP contribution in [0, 0.1) is 11.3 Å². The highest BCUT2D eigenvalue weighted by Gasteiger charge is 2.09. The van der Waals surface area contributed by atoms with Gasteiger partial charge in [-0.3, -0.25) is 5.32 Å². The molecule has 0 radical (unpaired) electrons. The second-order valence-electron chi connectivity index (χ2n) is 3.89. The molecule has 0 saturated carbocycles. The Morgan fingerprint density at radius 2 is 2.06 bits per heavy atom. The summed E-state index contributed by atoms with van der Waals surface area (Å²) in [5.41, 5.74) is 0. The summed E-state index contributed by atoms with van der Waals surface area (Å²) < 4.78 is 0. The van der Waals surface area contributed by atoms with Crippen molar-refractivity contribution in [1.82, 2.24) is 5.32 Å². The number of hydrogen-bond donors (Lipinski definition) is 1. The van der Waals surface area contributed by atoms with Gasteiger partial charge in [0.25, 0.3) is 0 Å². The van der Waals surface area contributed by atoms with Crippen molar-refractivity contribution in [3.05, 3.63) is 28.2 Å². The molecule has 1 atom stereocenters. The van der Waals surface area contributed by atoms with Gasteiger partial charge in [0, 0.05) is 16.7 Å². The van der Waals surface area contributed by atoms with Crippen LogP contribution in [0.4, 0.5) is 0 Å². The van der Waals surface area contributed by atoms with E-state index in [1.54, 1.807) is 17.8 Å². The number of nitriles is 1. The van der Waals surface area contributed by atoms with E-state index in [1.807, 2.05) is 26.0 Å². The molecule has 0 spiro atoms. The average Bonchev–Trinajstić information content (AvgIpc) is 2.28. The lowest BCUT2D eigenvalue weighted by Crippen LogP contribution is -2.35. The standard InChI is InChI=1S/C12H14Cl2N2S/c1-8(2)16-9(6-15)7-17-10-3-4-11(13)12(14)5-10/h3-5,8-9,16H,7H2,1-2H3. The molecule has 1 rings (SSSR count). The Labute approximate surface area is 116 Å². The normalized spacial score (nSPS) is 12.5. The highest BCUT2D eigenvalue weighted by Crippen LogP contribution is 2.28. The smallest absolute Gasteiger partial charge is 0.105 e. The first kappa shape index (κ1) is 14.7. The maximum Gasteiger partial charge on any atom is 0.105 e. The molecule has 0 amide bonds. The van der Waals surface area contributed by atoms with Crippen molar-refractivity contribution in [2.45, 2.75) is 30.8 Å². The summed E-state index contributed by atoms with van der Waals surface area (Å²) in [6, 6.07) is 7.87. The quantitative estimate of drug-likeness (QED) is 0.833. The van der Waals surface area contributed by atoms with Gasteiger partial charge in [0.05, 0.1) is 16.1 Å². The second kappa shape index (κ2) is 7.13. The Hall–Kier alpha value is -0.400. The number of rotatable bonds is 5. The van der Waals surface area contributed by atoms with Crippen molar-refractivity contribution in [3.8, 4) is 6.07 Å². The molecule has 0 aliphatic carbocycles. The molecule has 1 aromatic rings. The van der Waals surface area contributed by atoms with E-state index in [-0.39, 0.29) is 6.04 Å². The average molecular weight is 289 g/mol. The van der Waals surface area contributed by atoms with Crippen LogP contribution >= 0.6 is 35.0 Å². The van der Waals surface area contributed by atoms with E-state index >= 15 is 0 Å². The van der Waals surface area contributed by atoms with Gasteiger partial charge in [0.1, 0.15) is 6.04 Å². The SMILES string of the molecule is CC(C)NC(C#N)CSc1ccc(Cl)c(Cl)c1.